The van der Waals surface area contributed by atoms with E-state index in [-0.39, 0.29) is 0 Å². The molecular formula is C10H12FNO3S. The molecule has 16 heavy (non-hydrogen) atoms. The number of nitro groups is 1. The summed E-state index contributed by atoms with van der Waals surface area (Å²) >= 11 is 1.27. The number of rotatable bonds is 6. The van der Waals surface area contributed by atoms with Crippen molar-refractivity contribution in [3.05, 3.63) is 34.1 Å². The fraction of sp³-hybridized carbons (Fsp3) is 0.400. The van der Waals surface area contributed by atoms with Crippen LogP contribution in [0.5, 0.6) is 0 Å². The first-order valence-corrected chi connectivity index (χ1v) is 5.70. The quantitative estimate of drug-likeness (QED) is 0.334. The number of thioether (sulfide) groups is 1. The zero-order chi connectivity index (χ0) is 12.0. The number of methoxy groups -OCH3 is 1. The number of halogens is 1. The molecule has 0 aliphatic carbocycles. The molecule has 0 aliphatic heterocycles. The summed E-state index contributed by atoms with van der Waals surface area (Å²) in [7, 11) is 1.59. The van der Waals surface area contributed by atoms with Crippen LogP contribution in [0.15, 0.2) is 23.1 Å². The predicted octanol–water partition coefficient (Wildman–Crippen LogP) is 2.86. The summed E-state index contributed by atoms with van der Waals surface area (Å²) in [4.78, 5) is 10.3. The monoisotopic (exact) mass is 245 g/mol. The van der Waals surface area contributed by atoms with Crippen molar-refractivity contribution >= 4 is 17.4 Å². The third-order valence-electron chi connectivity index (χ3n) is 1.88. The molecule has 0 N–H and O–H groups in total. The third-order valence-corrected chi connectivity index (χ3v) is 3.02. The van der Waals surface area contributed by atoms with Crippen LogP contribution < -0.4 is 0 Å². The Hall–Kier alpha value is -1.14. The lowest BCUT2D eigenvalue weighted by Crippen LogP contribution is -1.96. The van der Waals surface area contributed by atoms with E-state index >= 15 is 0 Å². The second-order valence-electron chi connectivity index (χ2n) is 3.04. The summed E-state index contributed by atoms with van der Waals surface area (Å²) in [5, 5.41) is 10.7. The summed E-state index contributed by atoms with van der Waals surface area (Å²) in [6.07, 6.45) is 0.773. The molecule has 0 radical (unpaired) electrons. The first-order chi connectivity index (χ1) is 7.66. The van der Waals surface area contributed by atoms with E-state index in [0.717, 1.165) is 12.5 Å². The Kier molecular flexibility index (Phi) is 5.21. The molecule has 4 nitrogen and oxygen atoms in total. The van der Waals surface area contributed by atoms with Gasteiger partial charge in [-0.15, -0.1) is 11.8 Å². The lowest BCUT2D eigenvalue weighted by molar-refractivity contribution is -0.390. The molecule has 0 saturated carbocycles. The second-order valence-corrected chi connectivity index (χ2v) is 4.18. The van der Waals surface area contributed by atoms with Gasteiger partial charge in [0.15, 0.2) is 0 Å². The van der Waals surface area contributed by atoms with Gasteiger partial charge in [0.1, 0.15) is 0 Å². The highest BCUT2D eigenvalue weighted by atomic mass is 32.2. The Morgan fingerprint density at radius 2 is 2.31 bits per heavy atom. The van der Waals surface area contributed by atoms with Crippen LogP contribution in [0.25, 0.3) is 0 Å². The first-order valence-electron chi connectivity index (χ1n) is 4.71. The zero-order valence-electron chi connectivity index (χ0n) is 8.81. The fourth-order valence-corrected chi connectivity index (χ4v) is 2.14. The Morgan fingerprint density at radius 1 is 1.56 bits per heavy atom. The molecule has 0 aliphatic rings. The summed E-state index contributed by atoms with van der Waals surface area (Å²) < 4.78 is 18.1. The molecule has 0 amide bonds. The van der Waals surface area contributed by atoms with Gasteiger partial charge in [-0.05, 0) is 18.6 Å². The van der Waals surface area contributed by atoms with E-state index in [2.05, 4.69) is 0 Å². The van der Waals surface area contributed by atoms with Gasteiger partial charge in [0, 0.05) is 19.5 Å². The fourth-order valence-electron chi connectivity index (χ4n) is 1.17. The van der Waals surface area contributed by atoms with Crippen LogP contribution in [0.1, 0.15) is 6.42 Å². The van der Waals surface area contributed by atoms with E-state index in [4.69, 9.17) is 4.74 Å². The van der Waals surface area contributed by atoms with Crippen LogP contribution in [-0.2, 0) is 4.74 Å². The largest absolute Gasteiger partial charge is 0.385 e. The number of ether oxygens (including phenoxy) is 1. The maximum Gasteiger partial charge on any atom is 0.318 e. The summed E-state index contributed by atoms with van der Waals surface area (Å²) in [5.41, 5.74) is -0.440. The molecule has 0 atom stereocenters. The molecule has 0 spiro atoms. The van der Waals surface area contributed by atoms with Crippen molar-refractivity contribution < 1.29 is 14.1 Å². The van der Waals surface area contributed by atoms with Crippen LogP contribution in [0.2, 0.25) is 0 Å². The van der Waals surface area contributed by atoms with Gasteiger partial charge in [0.05, 0.1) is 9.82 Å². The van der Waals surface area contributed by atoms with Crippen molar-refractivity contribution in [2.45, 2.75) is 11.3 Å². The topological polar surface area (TPSA) is 52.4 Å². The highest BCUT2D eigenvalue weighted by molar-refractivity contribution is 7.99. The van der Waals surface area contributed by atoms with E-state index in [1.54, 1.807) is 13.2 Å². The van der Waals surface area contributed by atoms with Crippen molar-refractivity contribution in [3.63, 3.8) is 0 Å². The normalized spacial score (nSPS) is 10.4. The summed E-state index contributed by atoms with van der Waals surface area (Å²) in [6.45, 7) is 0.593. The minimum Gasteiger partial charge on any atom is -0.385 e. The molecule has 0 unspecified atom stereocenters. The van der Waals surface area contributed by atoms with Gasteiger partial charge >= 0.3 is 5.69 Å². The number of benzene rings is 1. The third kappa shape index (κ3) is 3.46. The number of hydrogen-bond donors (Lipinski definition) is 0. The maximum absolute atomic E-state index is 13.2. The zero-order valence-corrected chi connectivity index (χ0v) is 9.63. The molecule has 0 bridgehead atoms. The summed E-state index contributed by atoms with van der Waals surface area (Å²) in [6, 6.07) is 4.12. The number of nitrogens with zero attached hydrogens (tertiary/aromatic N) is 1. The average Bonchev–Trinajstić information content (AvgIpc) is 2.24. The first kappa shape index (κ1) is 12.9. The molecule has 0 heterocycles. The van der Waals surface area contributed by atoms with Crippen molar-refractivity contribution in [1.82, 2.24) is 0 Å². The highest BCUT2D eigenvalue weighted by Gasteiger charge is 2.19. The van der Waals surface area contributed by atoms with E-state index < -0.39 is 16.4 Å². The van der Waals surface area contributed by atoms with Crippen LogP contribution >= 0.6 is 11.8 Å². The predicted molar refractivity (Wildman–Crippen MR) is 60.3 cm³/mol. The molecule has 0 fully saturated rings. The smallest absolute Gasteiger partial charge is 0.318 e. The van der Waals surface area contributed by atoms with E-state index in [1.807, 2.05) is 0 Å². The van der Waals surface area contributed by atoms with Crippen LogP contribution in [0.4, 0.5) is 10.1 Å². The van der Waals surface area contributed by atoms with Gasteiger partial charge < -0.3 is 4.74 Å². The van der Waals surface area contributed by atoms with E-state index in [0.29, 0.717) is 17.3 Å². The molecule has 88 valence electrons. The minimum absolute atomic E-state index is 0.362. The van der Waals surface area contributed by atoms with Crippen LogP contribution in [0.3, 0.4) is 0 Å². The molecule has 1 rings (SSSR count). The van der Waals surface area contributed by atoms with Gasteiger partial charge in [0.25, 0.3) is 0 Å². The van der Waals surface area contributed by atoms with Crippen molar-refractivity contribution in [3.8, 4) is 0 Å². The Balaban J connectivity index is 2.71. The molecule has 1 aromatic rings. The van der Waals surface area contributed by atoms with Crippen molar-refractivity contribution in [2.75, 3.05) is 19.5 Å². The van der Waals surface area contributed by atoms with Gasteiger partial charge in [-0.3, -0.25) is 10.1 Å². The number of nitro benzene ring substituents is 1. The Morgan fingerprint density at radius 3 is 2.94 bits per heavy atom. The lowest BCUT2D eigenvalue weighted by atomic mass is 10.3. The van der Waals surface area contributed by atoms with E-state index in [1.165, 1.54) is 17.8 Å². The maximum atomic E-state index is 13.2. The van der Waals surface area contributed by atoms with Gasteiger partial charge in [-0.1, -0.05) is 6.07 Å². The Labute approximate surface area is 96.9 Å². The minimum atomic E-state index is -0.790. The molecular weight excluding hydrogens is 233 g/mol. The van der Waals surface area contributed by atoms with Crippen molar-refractivity contribution in [2.24, 2.45) is 0 Å². The molecule has 6 heteroatoms. The summed E-state index contributed by atoms with van der Waals surface area (Å²) in [5.74, 6) is -0.125. The van der Waals surface area contributed by atoms with Gasteiger partial charge in [0.2, 0.25) is 5.82 Å². The second kappa shape index (κ2) is 6.44. The number of para-hydroxylation sites is 1. The average molecular weight is 245 g/mol. The standard InChI is InChI=1S/C10H12FNO3S/c1-15-6-3-7-16-9-5-2-4-8(11)10(9)12(13)14/h2,4-5H,3,6-7H2,1H3. The van der Waals surface area contributed by atoms with Crippen LogP contribution in [-0.4, -0.2) is 24.4 Å². The lowest BCUT2D eigenvalue weighted by Gasteiger charge is -2.03. The van der Waals surface area contributed by atoms with E-state index in [9.17, 15) is 14.5 Å². The Bertz CT molecular complexity index is 373. The number of hydrogen-bond acceptors (Lipinski definition) is 4. The van der Waals surface area contributed by atoms with Crippen molar-refractivity contribution in [1.29, 1.82) is 0 Å². The SMILES string of the molecule is COCCCSc1cccc(F)c1[N+](=O)[O-]. The van der Waals surface area contributed by atoms with Gasteiger partial charge in [-0.2, -0.15) is 4.39 Å². The highest BCUT2D eigenvalue weighted by Crippen LogP contribution is 2.31. The molecule has 0 aromatic heterocycles. The molecule has 0 saturated heterocycles. The molecule has 1 aromatic carbocycles. The van der Waals surface area contributed by atoms with Gasteiger partial charge in [-0.25, -0.2) is 0 Å². The van der Waals surface area contributed by atoms with Crippen LogP contribution in [0, 0.1) is 15.9 Å².